The van der Waals surface area contributed by atoms with Gasteiger partial charge in [-0.3, -0.25) is 9.59 Å². The summed E-state index contributed by atoms with van der Waals surface area (Å²) in [5, 5.41) is 0. The van der Waals surface area contributed by atoms with Crippen molar-refractivity contribution in [1.29, 1.82) is 0 Å². The van der Waals surface area contributed by atoms with E-state index < -0.39 is 11.3 Å². The van der Waals surface area contributed by atoms with Gasteiger partial charge in [-0.15, -0.1) is 0 Å². The van der Waals surface area contributed by atoms with Crippen molar-refractivity contribution in [3.05, 3.63) is 0 Å². The molecule has 0 aromatic heterocycles. The molecule has 18 heavy (non-hydrogen) atoms. The fourth-order valence-corrected chi connectivity index (χ4v) is 2.51. The lowest BCUT2D eigenvalue weighted by molar-refractivity contribution is -0.140. The number of nitrogens with two attached hydrogens (primary N) is 2. The monoisotopic (exact) mass is 273 g/mol. The third-order valence-electron chi connectivity index (χ3n) is 2.97. The van der Waals surface area contributed by atoms with Gasteiger partial charge in [-0.1, -0.05) is 38.9 Å². The number of rotatable bonds is 8. The van der Waals surface area contributed by atoms with Crippen LogP contribution in [0.1, 0.15) is 39.5 Å². The van der Waals surface area contributed by atoms with Crippen LogP contribution in [0, 0.1) is 5.41 Å². The van der Waals surface area contributed by atoms with Crippen molar-refractivity contribution in [2.45, 2.75) is 39.5 Å². The Morgan fingerprint density at radius 2 is 1.61 bits per heavy atom. The van der Waals surface area contributed by atoms with Gasteiger partial charge in [0.05, 0.1) is 16.9 Å². The number of primary amides is 1. The molecular formula is C12H23N3O2S. The molecule has 4 N–H and O–H groups in total. The Labute approximate surface area is 114 Å². The van der Waals surface area contributed by atoms with E-state index in [1.165, 1.54) is 4.90 Å². The average molecular weight is 273 g/mol. The summed E-state index contributed by atoms with van der Waals surface area (Å²) < 4.78 is 0. The van der Waals surface area contributed by atoms with Crippen LogP contribution < -0.4 is 11.5 Å². The van der Waals surface area contributed by atoms with Gasteiger partial charge in [-0.05, 0) is 12.8 Å². The average Bonchev–Trinajstić information content (AvgIpc) is 2.26. The molecule has 0 saturated carbocycles. The SMILES string of the molecule is CCCC(CCC)(C(=O)N(C)CC(N)=O)C(N)=S. The van der Waals surface area contributed by atoms with Gasteiger partial charge in [0, 0.05) is 7.05 Å². The molecule has 0 aliphatic heterocycles. The van der Waals surface area contributed by atoms with Crippen molar-refractivity contribution in [1.82, 2.24) is 4.90 Å². The number of thiocarbonyl (C=S) groups is 1. The van der Waals surface area contributed by atoms with E-state index in [0.717, 1.165) is 12.8 Å². The van der Waals surface area contributed by atoms with E-state index in [0.29, 0.717) is 12.8 Å². The second-order valence-electron chi connectivity index (χ2n) is 4.57. The molecule has 0 fully saturated rings. The summed E-state index contributed by atoms with van der Waals surface area (Å²) in [7, 11) is 1.55. The van der Waals surface area contributed by atoms with E-state index in [1.807, 2.05) is 13.8 Å². The molecule has 0 rings (SSSR count). The number of amides is 2. The van der Waals surface area contributed by atoms with Crippen LogP contribution in [-0.2, 0) is 9.59 Å². The topological polar surface area (TPSA) is 89.4 Å². The van der Waals surface area contributed by atoms with Gasteiger partial charge in [0.25, 0.3) is 0 Å². The molecule has 0 atom stereocenters. The zero-order valence-electron chi connectivity index (χ0n) is 11.4. The lowest BCUT2D eigenvalue weighted by atomic mass is 9.77. The molecule has 0 heterocycles. The molecule has 5 nitrogen and oxygen atoms in total. The quantitative estimate of drug-likeness (QED) is 0.640. The molecule has 0 aliphatic carbocycles. The van der Waals surface area contributed by atoms with E-state index in [2.05, 4.69) is 0 Å². The van der Waals surface area contributed by atoms with Crippen molar-refractivity contribution in [2.24, 2.45) is 16.9 Å². The third-order valence-corrected chi connectivity index (χ3v) is 3.37. The largest absolute Gasteiger partial charge is 0.392 e. The van der Waals surface area contributed by atoms with Crippen molar-refractivity contribution in [3.8, 4) is 0 Å². The lowest BCUT2D eigenvalue weighted by Crippen LogP contribution is -2.51. The number of hydrogen-bond donors (Lipinski definition) is 2. The molecule has 6 heteroatoms. The Bertz CT molecular complexity index is 325. The first kappa shape index (κ1) is 16.8. The van der Waals surface area contributed by atoms with E-state index in [1.54, 1.807) is 7.05 Å². The molecule has 2 amide bonds. The summed E-state index contributed by atoms with van der Waals surface area (Å²) in [6.07, 6.45) is 2.79. The predicted octanol–water partition coefficient (Wildman–Crippen LogP) is 0.803. The summed E-state index contributed by atoms with van der Waals surface area (Å²) >= 11 is 5.08. The van der Waals surface area contributed by atoms with Crippen LogP contribution in [0.3, 0.4) is 0 Å². The molecule has 0 unspecified atom stereocenters. The highest BCUT2D eigenvalue weighted by molar-refractivity contribution is 7.80. The Hall–Kier alpha value is -1.17. The highest BCUT2D eigenvalue weighted by Crippen LogP contribution is 2.32. The van der Waals surface area contributed by atoms with Crippen LogP contribution in [-0.4, -0.2) is 35.3 Å². The van der Waals surface area contributed by atoms with Crippen LogP contribution in [0.4, 0.5) is 0 Å². The van der Waals surface area contributed by atoms with Gasteiger partial charge >= 0.3 is 0 Å². The van der Waals surface area contributed by atoms with Gasteiger partial charge in [-0.2, -0.15) is 0 Å². The highest BCUT2D eigenvalue weighted by Gasteiger charge is 2.41. The normalized spacial score (nSPS) is 11.1. The summed E-state index contributed by atoms with van der Waals surface area (Å²) in [5.74, 6) is -0.756. The summed E-state index contributed by atoms with van der Waals surface area (Å²) in [5.41, 5.74) is 10.0. The van der Waals surface area contributed by atoms with E-state index in [4.69, 9.17) is 23.7 Å². The van der Waals surface area contributed by atoms with Gasteiger partial charge in [0.15, 0.2) is 0 Å². The molecule has 0 spiro atoms. The number of likely N-dealkylation sites (N-methyl/N-ethyl adjacent to an activating group) is 1. The molecule has 0 radical (unpaired) electrons. The third kappa shape index (κ3) is 3.94. The molecule has 104 valence electrons. The fraction of sp³-hybridized carbons (Fsp3) is 0.750. The number of carbonyl (C=O) groups excluding carboxylic acids is 2. The minimum absolute atomic E-state index is 0.114. The Morgan fingerprint density at radius 1 is 1.17 bits per heavy atom. The van der Waals surface area contributed by atoms with Gasteiger partial charge < -0.3 is 16.4 Å². The van der Waals surface area contributed by atoms with Crippen molar-refractivity contribution in [2.75, 3.05) is 13.6 Å². The zero-order chi connectivity index (χ0) is 14.3. The number of nitrogens with zero attached hydrogens (tertiary/aromatic N) is 1. The maximum Gasteiger partial charge on any atom is 0.237 e. The Balaban J connectivity index is 5.21. The smallest absolute Gasteiger partial charge is 0.237 e. The maximum atomic E-state index is 12.5. The summed E-state index contributed by atoms with van der Waals surface area (Å²) in [4.78, 5) is 24.9. The van der Waals surface area contributed by atoms with Gasteiger partial charge in [-0.25, -0.2) is 0 Å². The molecule has 0 aromatic carbocycles. The number of carbonyl (C=O) groups is 2. The van der Waals surface area contributed by atoms with E-state index in [-0.39, 0.29) is 17.4 Å². The van der Waals surface area contributed by atoms with Crippen LogP contribution in [0.5, 0.6) is 0 Å². The molecule has 0 bridgehead atoms. The Kier molecular flexibility index (Phi) is 6.83. The van der Waals surface area contributed by atoms with Gasteiger partial charge in [0.1, 0.15) is 0 Å². The highest BCUT2D eigenvalue weighted by atomic mass is 32.1. The van der Waals surface area contributed by atoms with Crippen molar-refractivity contribution < 1.29 is 9.59 Å². The lowest BCUT2D eigenvalue weighted by Gasteiger charge is -2.34. The zero-order valence-corrected chi connectivity index (χ0v) is 12.2. The first-order valence-electron chi connectivity index (χ1n) is 6.15. The van der Waals surface area contributed by atoms with Crippen LogP contribution in [0.2, 0.25) is 0 Å². The first-order chi connectivity index (χ1) is 8.31. The standard InChI is InChI=1S/C12H23N3O2S/c1-4-6-12(7-5-2,10(14)18)11(17)15(3)8-9(13)16/h4-8H2,1-3H3,(H2,13,16)(H2,14,18). The molecule has 0 aromatic rings. The van der Waals surface area contributed by atoms with Crippen LogP contribution >= 0.6 is 12.2 Å². The van der Waals surface area contributed by atoms with E-state index in [9.17, 15) is 9.59 Å². The maximum absolute atomic E-state index is 12.5. The Morgan fingerprint density at radius 3 is 1.89 bits per heavy atom. The van der Waals surface area contributed by atoms with E-state index >= 15 is 0 Å². The minimum Gasteiger partial charge on any atom is -0.392 e. The summed E-state index contributed by atoms with van der Waals surface area (Å²) in [6, 6.07) is 0. The molecule has 0 aliphatic rings. The minimum atomic E-state index is -0.844. The molecular weight excluding hydrogens is 250 g/mol. The molecule has 0 saturated heterocycles. The van der Waals surface area contributed by atoms with Crippen molar-refractivity contribution in [3.63, 3.8) is 0 Å². The van der Waals surface area contributed by atoms with Crippen LogP contribution in [0.25, 0.3) is 0 Å². The van der Waals surface area contributed by atoms with Crippen molar-refractivity contribution >= 4 is 29.0 Å². The fourth-order valence-electron chi connectivity index (χ4n) is 2.22. The van der Waals surface area contributed by atoms with Gasteiger partial charge in [0.2, 0.25) is 11.8 Å². The first-order valence-corrected chi connectivity index (χ1v) is 6.56. The number of hydrogen-bond acceptors (Lipinski definition) is 3. The van der Waals surface area contributed by atoms with Crippen LogP contribution in [0.15, 0.2) is 0 Å². The second kappa shape index (κ2) is 7.31. The second-order valence-corrected chi connectivity index (χ2v) is 5.01. The predicted molar refractivity (Wildman–Crippen MR) is 75.9 cm³/mol. The summed E-state index contributed by atoms with van der Waals surface area (Å²) in [6.45, 7) is 3.84.